The monoisotopic (exact) mass is 567 g/mol. The van der Waals surface area contributed by atoms with Crippen LogP contribution in [-0.2, 0) is 12.1 Å². The Hall–Kier alpha value is -3.48. The van der Waals surface area contributed by atoms with Crippen LogP contribution in [-0.4, -0.2) is 45.3 Å². The normalized spacial score (nSPS) is 14.7. The third kappa shape index (κ3) is 6.75. The number of alkyl halides is 5. The highest BCUT2D eigenvalue weighted by molar-refractivity contribution is 7.16. The number of halogens is 5. The number of carbonyl (C=O) groups excluding carboxylic acids is 2. The Labute approximate surface area is 225 Å². The van der Waals surface area contributed by atoms with E-state index in [1.165, 1.54) is 19.3 Å². The van der Waals surface area contributed by atoms with Crippen molar-refractivity contribution in [1.82, 2.24) is 25.2 Å². The number of benzene rings is 1. The molecule has 1 aliphatic carbocycles. The highest BCUT2D eigenvalue weighted by Crippen LogP contribution is 2.36. The van der Waals surface area contributed by atoms with Crippen LogP contribution in [0.25, 0.3) is 10.7 Å². The van der Waals surface area contributed by atoms with Crippen LogP contribution in [0, 0.1) is 12.8 Å². The SMILES string of the molecule is Cc1cnc(-c2ncc(C(=O)N(C)CC3CC3)s2)c(C(C)NC(=O)c2cc(C(C)(F)F)cc(C(F)(F)F)c2)n1. The van der Waals surface area contributed by atoms with Crippen molar-refractivity contribution in [2.45, 2.75) is 51.8 Å². The minimum absolute atomic E-state index is 0.179. The molecule has 3 aromatic rings. The van der Waals surface area contributed by atoms with Gasteiger partial charge in [0, 0.05) is 37.8 Å². The maximum atomic E-state index is 13.9. The molecular formula is C26H26F5N5O2S. The van der Waals surface area contributed by atoms with Crippen molar-refractivity contribution in [3.8, 4) is 10.7 Å². The van der Waals surface area contributed by atoms with Crippen molar-refractivity contribution in [2.75, 3.05) is 13.6 Å². The summed E-state index contributed by atoms with van der Waals surface area (Å²) in [6.07, 6.45) is 0.192. The molecule has 13 heteroatoms. The van der Waals surface area contributed by atoms with Gasteiger partial charge in [-0.25, -0.2) is 18.7 Å². The van der Waals surface area contributed by atoms with Crippen LogP contribution < -0.4 is 5.32 Å². The van der Waals surface area contributed by atoms with Crippen LogP contribution in [0.2, 0.25) is 0 Å². The number of hydrogen-bond donors (Lipinski definition) is 1. The number of nitrogens with one attached hydrogen (secondary N) is 1. The second-order valence-electron chi connectivity index (χ2n) is 9.78. The fourth-order valence-corrected chi connectivity index (χ4v) is 4.84. The molecule has 4 rings (SSSR count). The van der Waals surface area contributed by atoms with Gasteiger partial charge in [-0.2, -0.15) is 13.2 Å². The van der Waals surface area contributed by atoms with Crippen LogP contribution in [0.15, 0.2) is 30.6 Å². The molecule has 2 aromatic heterocycles. The van der Waals surface area contributed by atoms with Crippen LogP contribution >= 0.6 is 11.3 Å². The first-order chi connectivity index (χ1) is 18.1. The molecule has 208 valence electrons. The first kappa shape index (κ1) is 28.5. The number of thiazole rings is 1. The molecule has 2 amide bonds. The Morgan fingerprint density at radius 2 is 1.77 bits per heavy atom. The highest BCUT2D eigenvalue weighted by atomic mass is 32.1. The van der Waals surface area contributed by atoms with Gasteiger partial charge in [-0.3, -0.25) is 14.6 Å². The van der Waals surface area contributed by atoms with Gasteiger partial charge in [-0.05, 0) is 50.8 Å². The molecule has 7 nitrogen and oxygen atoms in total. The van der Waals surface area contributed by atoms with Gasteiger partial charge < -0.3 is 10.2 Å². The number of aryl methyl sites for hydroxylation is 1. The van der Waals surface area contributed by atoms with Crippen LogP contribution in [0.3, 0.4) is 0 Å². The maximum Gasteiger partial charge on any atom is 0.416 e. The number of rotatable bonds is 8. The maximum absolute atomic E-state index is 13.9. The lowest BCUT2D eigenvalue weighted by atomic mass is 10.0. The average molecular weight is 568 g/mol. The summed E-state index contributed by atoms with van der Waals surface area (Å²) in [4.78, 5) is 40.9. The molecule has 1 aromatic carbocycles. The average Bonchev–Trinajstić information content (AvgIpc) is 3.53. The zero-order chi connectivity index (χ0) is 28.7. The number of aromatic nitrogens is 3. The topological polar surface area (TPSA) is 88.1 Å². The standard InChI is InChI=1S/C26H26F5N5O2S/c1-13-10-32-21(23-33-11-19(39-23)24(38)36(4)12-15-5-6-15)20(34-13)14(2)35-22(37)16-7-17(25(3,27)28)9-18(8-16)26(29,30)31/h7-11,14-15H,5-6,12H2,1-4H3,(H,35,37). The molecular weight excluding hydrogens is 541 g/mol. The molecule has 0 aliphatic heterocycles. The summed E-state index contributed by atoms with van der Waals surface area (Å²) in [7, 11) is 1.72. The van der Waals surface area contributed by atoms with Gasteiger partial charge in [0.2, 0.25) is 0 Å². The number of hydrogen-bond acceptors (Lipinski definition) is 6. The first-order valence-corrected chi connectivity index (χ1v) is 12.9. The fourth-order valence-electron chi connectivity index (χ4n) is 3.93. The van der Waals surface area contributed by atoms with Crippen LogP contribution in [0.5, 0.6) is 0 Å². The van der Waals surface area contributed by atoms with Gasteiger partial charge in [0.15, 0.2) is 0 Å². The fraction of sp³-hybridized carbons (Fsp3) is 0.423. The van der Waals surface area contributed by atoms with E-state index in [0.717, 1.165) is 30.2 Å². The third-order valence-electron chi connectivity index (χ3n) is 6.20. The van der Waals surface area contributed by atoms with E-state index in [9.17, 15) is 31.5 Å². The molecule has 1 saturated carbocycles. The van der Waals surface area contributed by atoms with Gasteiger partial charge in [-0.1, -0.05) is 0 Å². The predicted octanol–water partition coefficient (Wildman–Crippen LogP) is 6.01. The van der Waals surface area contributed by atoms with E-state index < -0.39 is 40.7 Å². The first-order valence-electron chi connectivity index (χ1n) is 12.1. The summed E-state index contributed by atoms with van der Waals surface area (Å²) >= 11 is 1.11. The zero-order valence-electron chi connectivity index (χ0n) is 21.6. The summed E-state index contributed by atoms with van der Waals surface area (Å²) in [6, 6.07) is 0.697. The molecule has 2 heterocycles. The van der Waals surface area contributed by atoms with E-state index in [1.54, 1.807) is 18.9 Å². The van der Waals surface area contributed by atoms with E-state index >= 15 is 0 Å². The van der Waals surface area contributed by atoms with Crippen molar-refractivity contribution in [3.05, 3.63) is 63.5 Å². The van der Waals surface area contributed by atoms with Crippen LogP contribution in [0.4, 0.5) is 22.0 Å². The lowest BCUT2D eigenvalue weighted by Crippen LogP contribution is -2.29. The second-order valence-corrected chi connectivity index (χ2v) is 10.8. The van der Waals surface area contributed by atoms with E-state index in [4.69, 9.17) is 0 Å². The number of nitrogens with zero attached hydrogens (tertiary/aromatic N) is 4. The smallest absolute Gasteiger partial charge is 0.344 e. The van der Waals surface area contributed by atoms with Gasteiger partial charge in [0.1, 0.15) is 15.6 Å². The van der Waals surface area contributed by atoms with Gasteiger partial charge in [-0.15, -0.1) is 11.3 Å². The summed E-state index contributed by atoms with van der Waals surface area (Å²) in [5, 5.41) is 2.90. The zero-order valence-corrected chi connectivity index (χ0v) is 22.4. The van der Waals surface area contributed by atoms with Crippen molar-refractivity contribution in [3.63, 3.8) is 0 Å². The lowest BCUT2D eigenvalue weighted by molar-refractivity contribution is -0.137. The van der Waals surface area contributed by atoms with Crippen LogP contribution in [0.1, 0.15) is 75.3 Å². The molecule has 0 saturated heterocycles. The third-order valence-corrected chi connectivity index (χ3v) is 7.19. The van der Waals surface area contributed by atoms with Crippen molar-refractivity contribution in [2.24, 2.45) is 5.92 Å². The summed E-state index contributed by atoms with van der Waals surface area (Å²) in [5.74, 6) is -4.25. The minimum Gasteiger partial charge on any atom is -0.344 e. The van der Waals surface area contributed by atoms with E-state index in [2.05, 4.69) is 20.3 Å². The molecule has 1 N–H and O–H groups in total. The Balaban J connectivity index is 1.61. The molecule has 0 radical (unpaired) electrons. The molecule has 0 bridgehead atoms. The highest BCUT2D eigenvalue weighted by Gasteiger charge is 2.35. The summed E-state index contributed by atoms with van der Waals surface area (Å²) in [6.45, 7) is 4.32. The molecule has 1 fully saturated rings. The molecule has 39 heavy (non-hydrogen) atoms. The molecule has 0 spiro atoms. The Morgan fingerprint density at radius 1 is 1.10 bits per heavy atom. The largest absolute Gasteiger partial charge is 0.416 e. The Morgan fingerprint density at radius 3 is 2.38 bits per heavy atom. The van der Waals surface area contributed by atoms with Crippen molar-refractivity contribution >= 4 is 23.2 Å². The second kappa shape index (κ2) is 10.6. The molecule has 1 atom stereocenters. The van der Waals surface area contributed by atoms with Crippen molar-refractivity contribution in [1.29, 1.82) is 0 Å². The summed E-state index contributed by atoms with van der Waals surface area (Å²) in [5.41, 5.74) is -1.82. The van der Waals surface area contributed by atoms with Gasteiger partial charge >= 0.3 is 6.18 Å². The van der Waals surface area contributed by atoms with Gasteiger partial charge in [0.25, 0.3) is 17.7 Å². The lowest BCUT2D eigenvalue weighted by Gasteiger charge is -2.19. The summed E-state index contributed by atoms with van der Waals surface area (Å²) < 4.78 is 67.9. The predicted molar refractivity (Wildman–Crippen MR) is 134 cm³/mol. The van der Waals surface area contributed by atoms with E-state index in [0.29, 0.717) is 47.1 Å². The number of amides is 2. The Kier molecular flexibility index (Phi) is 7.75. The van der Waals surface area contributed by atoms with E-state index in [-0.39, 0.29) is 17.3 Å². The Bertz CT molecular complexity index is 1370. The molecule has 1 aliphatic rings. The minimum atomic E-state index is -4.93. The molecule has 1 unspecified atom stereocenters. The number of carbonyl (C=O) groups is 2. The van der Waals surface area contributed by atoms with E-state index in [1.807, 2.05) is 0 Å². The quantitative estimate of drug-likeness (QED) is 0.337. The van der Waals surface area contributed by atoms with Gasteiger partial charge in [0.05, 0.1) is 29.2 Å². The van der Waals surface area contributed by atoms with Crippen molar-refractivity contribution < 1.29 is 31.5 Å².